The average molecular weight is 163 g/mol. The Kier molecular flexibility index (Phi) is 5.73. The van der Waals surface area contributed by atoms with E-state index in [2.05, 4.69) is 14.3 Å². The predicted octanol–water partition coefficient (Wildman–Crippen LogP) is -0.545. The van der Waals surface area contributed by atoms with Gasteiger partial charge in [-0.3, -0.25) is 4.84 Å². The summed E-state index contributed by atoms with van der Waals surface area (Å²) < 4.78 is 9.28. The highest BCUT2D eigenvalue weighted by Gasteiger charge is 2.18. The van der Waals surface area contributed by atoms with Crippen molar-refractivity contribution >= 4 is 5.97 Å². The number of methoxy groups -OCH3 is 1. The first-order valence-corrected chi connectivity index (χ1v) is 3.27. The van der Waals surface area contributed by atoms with Gasteiger partial charge in [0.2, 0.25) is 0 Å². The summed E-state index contributed by atoms with van der Waals surface area (Å²) in [6.45, 7) is 2.12. The van der Waals surface area contributed by atoms with Crippen LogP contribution in [0.15, 0.2) is 0 Å². The van der Waals surface area contributed by atoms with Crippen LogP contribution in [0.4, 0.5) is 0 Å². The molecule has 0 aromatic heterocycles. The molecular formula is C6H13NO4. The lowest BCUT2D eigenvalue weighted by Gasteiger charge is -2.10. The van der Waals surface area contributed by atoms with E-state index in [9.17, 15) is 4.79 Å². The standard InChI is InChI=1S/C6H13NO4/c1-3-10-6(8)5(11-7)4-9-2/h5H,3-4,7H2,1-2H3. The maximum absolute atomic E-state index is 10.9. The largest absolute Gasteiger partial charge is 0.464 e. The van der Waals surface area contributed by atoms with Crippen LogP contribution in [0.5, 0.6) is 0 Å². The average Bonchev–Trinajstić information content (AvgIpc) is 2.00. The minimum Gasteiger partial charge on any atom is -0.464 e. The van der Waals surface area contributed by atoms with Crippen molar-refractivity contribution in [2.45, 2.75) is 13.0 Å². The lowest BCUT2D eigenvalue weighted by molar-refractivity contribution is -0.160. The van der Waals surface area contributed by atoms with Crippen LogP contribution >= 0.6 is 0 Å². The molecule has 1 atom stereocenters. The van der Waals surface area contributed by atoms with E-state index in [0.717, 1.165) is 0 Å². The Hall–Kier alpha value is -0.650. The molecule has 1 unspecified atom stereocenters. The van der Waals surface area contributed by atoms with Crippen molar-refractivity contribution in [1.82, 2.24) is 0 Å². The second-order valence-corrected chi connectivity index (χ2v) is 1.83. The normalized spacial score (nSPS) is 12.6. The second-order valence-electron chi connectivity index (χ2n) is 1.83. The summed E-state index contributed by atoms with van der Waals surface area (Å²) in [6, 6.07) is 0. The van der Waals surface area contributed by atoms with E-state index in [-0.39, 0.29) is 6.61 Å². The molecule has 0 fully saturated rings. The molecule has 0 amide bonds. The van der Waals surface area contributed by atoms with E-state index < -0.39 is 12.1 Å². The fraction of sp³-hybridized carbons (Fsp3) is 0.833. The molecule has 0 spiro atoms. The van der Waals surface area contributed by atoms with Gasteiger partial charge >= 0.3 is 5.97 Å². The second kappa shape index (κ2) is 6.09. The van der Waals surface area contributed by atoms with E-state index in [4.69, 9.17) is 5.90 Å². The molecule has 0 heterocycles. The summed E-state index contributed by atoms with van der Waals surface area (Å²) >= 11 is 0. The van der Waals surface area contributed by atoms with Crippen LogP contribution in [0.3, 0.4) is 0 Å². The van der Waals surface area contributed by atoms with Crippen LogP contribution in [0.2, 0.25) is 0 Å². The van der Waals surface area contributed by atoms with Gasteiger partial charge in [0, 0.05) is 7.11 Å². The molecule has 0 bridgehead atoms. The zero-order chi connectivity index (χ0) is 8.69. The van der Waals surface area contributed by atoms with E-state index in [1.807, 2.05) is 0 Å². The number of carbonyl (C=O) groups is 1. The van der Waals surface area contributed by atoms with Gasteiger partial charge in [0.05, 0.1) is 13.2 Å². The van der Waals surface area contributed by atoms with Gasteiger partial charge in [0.1, 0.15) is 0 Å². The maximum Gasteiger partial charge on any atom is 0.339 e. The highest BCUT2D eigenvalue weighted by molar-refractivity contribution is 5.74. The smallest absolute Gasteiger partial charge is 0.339 e. The van der Waals surface area contributed by atoms with Crippen molar-refractivity contribution in [3.63, 3.8) is 0 Å². The Morgan fingerprint density at radius 2 is 2.27 bits per heavy atom. The van der Waals surface area contributed by atoms with Crippen LogP contribution in [0, 0.1) is 0 Å². The summed E-state index contributed by atoms with van der Waals surface area (Å²) in [7, 11) is 1.45. The first kappa shape index (κ1) is 10.3. The van der Waals surface area contributed by atoms with Crippen molar-refractivity contribution < 1.29 is 19.1 Å². The van der Waals surface area contributed by atoms with Gasteiger partial charge in [-0.1, -0.05) is 0 Å². The molecule has 0 aliphatic carbocycles. The van der Waals surface area contributed by atoms with Crippen molar-refractivity contribution in [3.05, 3.63) is 0 Å². The van der Waals surface area contributed by atoms with Crippen molar-refractivity contribution in [3.8, 4) is 0 Å². The zero-order valence-electron chi connectivity index (χ0n) is 6.70. The molecule has 11 heavy (non-hydrogen) atoms. The van der Waals surface area contributed by atoms with Gasteiger partial charge < -0.3 is 9.47 Å². The van der Waals surface area contributed by atoms with Gasteiger partial charge in [-0.2, -0.15) is 0 Å². The summed E-state index contributed by atoms with van der Waals surface area (Å²) in [5, 5.41) is 0. The number of ether oxygens (including phenoxy) is 2. The van der Waals surface area contributed by atoms with Gasteiger partial charge in [-0.15, -0.1) is 0 Å². The molecule has 66 valence electrons. The molecule has 2 N–H and O–H groups in total. The van der Waals surface area contributed by atoms with E-state index in [1.165, 1.54) is 7.11 Å². The first-order valence-electron chi connectivity index (χ1n) is 3.27. The monoisotopic (exact) mass is 163 g/mol. The molecule has 0 saturated carbocycles. The van der Waals surface area contributed by atoms with Crippen molar-refractivity contribution in [1.29, 1.82) is 0 Å². The quantitative estimate of drug-likeness (QED) is 0.435. The molecular weight excluding hydrogens is 150 g/mol. The third-order valence-corrected chi connectivity index (χ3v) is 1.03. The molecule has 5 nitrogen and oxygen atoms in total. The Morgan fingerprint density at radius 3 is 2.64 bits per heavy atom. The van der Waals surface area contributed by atoms with Gasteiger partial charge in [-0.05, 0) is 6.92 Å². The van der Waals surface area contributed by atoms with Crippen molar-refractivity contribution in [2.75, 3.05) is 20.3 Å². The van der Waals surface area contributed by atoms with E-state index in [0.29, 0.717) is 6.61 Å². The lowest BCUT2D eigenvalue weighted by atomic mass is 10.4. The van der Waals surface area contributed by atoms with Gasteiger partial charge in [0.15, 0.2) is 6.10 Å². The fourth-order valence-corrected chi connectivity index (χ4v) is 0.549. The van der Waals surface area contributed by atoms with E-state index >= 15 is 0 Å². The first-order chi connectivity index (χ1) is 5.26. The minimum absolute atomic E-state index is 0.106. The third kappa shape index (κ3) is 3.92. The number of hydrogen-bond donors (Lipinski definition) is 1. The number of hydrogen-bond acceptors (Lipinski definition) is 5. The number of nitrogens with two attached hydrogens (primary N) is 1. The molecule has 0 aromatic carbocycles. The highest BCUT2D eigenvalue weighted by atomic mass is 16.7. The molecule has 0 rings (SSSR count). The Balaban J connectivity index is 3.71. The maximum atomic E-state index is 10.9. The number of esters is 1. The van der Waals surface area contributed by atoms with Crippen LogP contribution in [0.1, 0.15) is 6.92 Å². The summed E-state index contributed by atoms with van der Waals surface area (Å²) in [4.78, 5) is 15.2. The zero-order valence-corrected chi connectivity index (χ0v) is 6.70. The Labute approximate surface area is 65.4 Å². The van der Waals surface area contributed by atoms with Crippen LogP contribution in [-0.2, 0) is 19.1 Å². The van der Waals surface area contributed by atoms with Gasteiger partial charge in [-0.25, -0.2) is 10.7 Å². The molecule has 0 radical (unpaired) electrons. The van der Waals surface area contributed by atoms with Crippen molar-refractivity contribution in [2.24, 2.45) is 5.90 Å². The molecule has 0 saturated heterocycles. The molecule has 0 aromatic rings. The fourth-order valence-electron chi connectivity index (χ4n) is 0.549. The molecule has 0 aliphatic heterocycles. The Morgan fingerprint density at radius 1 is 1.64 bits per heavy atom. The van der Waals surface area contributed by atoms with Crippen LogP contribution in [-0.4, -0.2) is 32.4 Å². The Bertz CT molecular complexity index is 117. The van der Waals surface area contributed by atoms with Gasteiger partial charge in [0.25, 0.3) is 0 Å². The number of carbonyl (C=O) groups excluding carboxylic acids is 1. The summed E-state index contributed by atoms with van der Waals surface area (Å²) in [5.41, 5.74) is 0. The minimum atomic E-state index is -0.819. The predicted molar refractivity (Wildman–Crippen MR) is 37.6 cm³/mol. The SMILES string of the molecule is CCOC(=O)C(COC)ON. The topological polar surface area (TPSA) is 70.8 Å². The third-order valence-electron chi connectivity index (χ3n) is 1.03. The van der Waals surface area contributed by atoms with E-state index in [1.54, 1.807) is 6.92 Å². The summed E-state index contributed by atoms with van der Waals surface area (Å²) in [6.07, 6.45) is -0.819. The lowest BCUT2D eigenvalue weighted by Crippen LogP contribution is -2.33. The summed E-state index contributed by atoms with van der Waals surface area (Å²) in [5.74, 6) is 4.31. The molecule has 5 heteroatoms. The highest BCUT2D eigenvalue weighted by Crippen LogP contribution is 1.92. The van der Waals surface area contributed by atoms with Crippen LogP contribution in [0.25, 0.3) is 0 Å². The number of rotatable bonds is 5. The van der Waals surface area contributed by atoms with Crippen LogP contribution < -0.4 is 5.90 Å². The molecule has 0 aliphatic rings.